The summed E-state index contributed by atoms with van der Waals surface area (Å²) >= 11 is 4.96. The highest BCUT2D eigenvalue weighted by Gasteiger charge is 2.21. The van der Waals surface area contributed by atoms with Crippen molar-refractivity contribution in [1.29, 1.82) is 0 Å². The Morgan fingerprint density at radius 2 is 2.40 bits per heavy atom. The van der Waals surface area contributed by atoms with Crippen LogP contribution in [0.5, 0.6) is 0 Å². The minimum atomic E-state index is 0.412. The molecule has 3 nitrogen and oxygen atoms in total. The van der Waals surface area contributed by atoms with Crippen LogP contribution in [-0.2, 0) is 4.74 Å². The molecule has 0 saturated carbocycles. The number of nitrogens with zero attached hydrogens (tertiary/aromatic N) is 1. The summed E-state index contributed by atoms with van der Waals surface area (Å²) in [6.45, 7) is 4.10. The van der Waals surface area contributed by atoms with Crippen molar-refractivity contribution in [2.45, 2.75) is 44.8 Å². The molecule has 15 heavy (non-hydrogen) atoms. The van der Waals surface area contributed by atoms with Gasteiger partial charge < -0.3 is 15.4 Å². The molecule has 1 fully saturated rings. The zero-order valence-electron chi connectivity index (χ0n) is 9.74. The van der Waals surface area contributed by atoms with Crippen molar-refractivity contribution in [2.24, 2.45) is 5.73 Å². The number of ether oxygens (including phenoxy) is 1. The minimum Gasteiger partial charge on any atom is -0.393 e. The second kappa shape index (κ2) is 6.40. The fourth-order valence-electron chi connectivity index (χ4n) is 2.10. The lowest BCUT2D eigenvalue weighted by atomic mass is 10.1. The zero-order chi connectivity index (χ0) is 11.3. The van der Waals surface area contributed by atoms with E-state index in [0.717, 1.165) is 26.0 Å². The molecular formula is C11H22N2OS. The molecule has 1 heterocycles. The molecule has 0 bridgehead atoms. The fourth-order valence-corrected chi connectivity index (χ4v) is 2.30. The minimum absolute atomic E-state index is 0.412. The third-order valence-electron chi connectivity index (χ3n) is 3.05. The molecule has 0 aromatic rings. The normalized spacial score (nSPS) is 23.3. The molecule has 0 spiro atoms. The maximum Gasteiger partial charge on any atom is 0.0743 e. The Morgan fingerprint density at radius 1 is 1.67 bits per heavy atom. The summed E-state index contributed by atoms with van der Waals surface area (Å²) in [7, 11) is 2.13. The number of likely N-dealkylation sites (N-methyl/N-ethyl adjacent to an activating group) is 1. The van der Waals surface area contributed by atoms with E-state index in [2.05, 4.69) is 18.9 Å². The van der Waals surface area contributed by atoms with Gasteiger partial charge in [-0.3, -0.25) is 0 Å². The van der Waals surface area contributed by atoms with Gasteiger partial charge in [0.25, 0.3) is 0 Å². The molecule has 2 atom stereocenters. The molecule has 1 aliphatic rings. The van der Waals surface area contributed by atoms with Gasteiger partial charge in [-0.1, -0.05) is 19.1 Å². The first-order valence-corrected chi connectivity index (χ1v) is 6.14. The highest BCUT2D eigenvalue weighted by atomic mass is 32.1. The van der Waals surface area contributed by atoms with E-state index in [1.54, 1.807) is 0 Å². The second-order valence-electron chi connectivity index (χ2n) is 4.31. The van der Waals surface area contributed by atoms with E-state index in [1.807, 2.05) is 0 Å². The molecule has 0 aromatic carbocycles. The van der Waals surface area contributed by atoms with Crippen LogP contribution in [-0.4, -0.2) is 42.2 Å². The summed E-state index contributed by atoms with van der Waals surface area (Å²) in [6, 6.07) is 0.465. The van der Waals surface area contributed by atoms with Crippen molar-refractivity contribution in [3.05, 3.63) is 0 Å². The number of rotatable bonds is 6. The van der Waals surface area contributed by atoms with E-state index in [0.29, 0.717) is 17.1 Å². The van der Waals surface area contributed by atoms with Crippen LogP contribution in [0.3, 0.4) is 0 Å². The van der Waals surface area contributed by atoms with Gasteiger partial charge in [-0.05, 0) is 26.3 Å². The Balaban J connectivity index is 2.34. The van der Waals surface area contributed by atoms with Gasteiger partial charge in [0.2, 0.25) is 0 Å². The predicted molar refractivity (Wildman–Crippen MR) is 67.1 cm³/mol. The molecule has 1 aliphatic heterocycles. The van der Waals surface area contributed by atoms with Crippen LogP contribution >= 0.6 is 12.2 Å². The van der Waals surface area contributed by atoms with E-state index >= 15 is 0 Å². The average molecular weight is 230 g/mol. The Labute approximate surface area is 98.0 Å². The van der Waals surface area contributed by atoms with E-state index in [9.17, 15) is 0 Å². The quantitative estimate of drug-likeness (QED) is 0.703. The Hall–Kier alpha value is -0.190. The lowest BCUT2D eigenvalue weighted by molar-refractivity contribution is 0.0683. The topological polar surface area (TPSA) is 38.5 Å². The van der Waals surface area contributed by atoms with Crippen LogP contribution in [0.1, 0.15) is 32.6 Å². The third kappa shape index (κ3) is 4.45. The van der Waals surface area contributed by atoms with E-state index in [4.69, 9.17) is 22.7 Å². The highest BCUT2D eigenvalue weighted by molar-refractivity contribution is 7.80. The van der Waals surface area contributed by atoms with Crippen LogP contribution in [0, 0.1) is 0 Å². The van der Waals surface area contributed by atoms with Crippen LogP contribution in [0.4, 0.5) is 0 Å². The molecule has 0 amide bonds. The second-order valence-corrected chi connectivity index (χ2v) is 4.83. The summed E-state index contributed by atoms with van der Waals surface area (Å²) in [4.78, 5) is 2.94. The van der Waals surface area contributed by atoms with Gasteiger partial charge in [0.15, 0.2) is 0 Å². The van der Waals surface area contributed by atoms with Crippen LogP contribution in [0.25, 0.3) is 0 Å². The van der Waals surface area contributed by atoms with Crippen molar-refractivity contribution >= 4 is 17.2 Å². The van der Waals surface area contributed by atoms with Crippen molar-refractivity contribution < 1.29 is 4.74 Å². The largest absolute Gasteiger partial charge is 0.393 e. The number of thiocarbonyl (C=S) groups is 1. The summed E-state index contributed by atoms with van der Waals surface area (Å²) in [5.41, 5.74) is 5.59. The molecule has 0 aliphatic carbocycles. The first kappa shape index (κ1) is 12.9. The fraction of sp³-hybridized carbons (Fsp3) is 0.909. The third-order valence-corrected chi connectivity index (χ3v) is 3.21. The van der Waals surface area contributed by atoms with Gasteiger partial charge in [0.05, 0.1) is 11.1 Å². The number of nitrogens with two attached hydrogens (primary N) is 1. The summed E-state index contributed by atoms with van der Waals surface area (Å²) in [6.07, 6.45) is 4.70. The molecular weight excluding hydrogens is 208 g/mol. The maximum absolute atomic E-state index is 5.62. The van der Waals surface area contributed by atoms with Crippen molar-refractivity contribution in [3.63, 3.8) is 0 Å². The standard InChI is InChI=1S/C11H22N2OS/c1-3-9(7-11(12)15)13(2)8-10-5-4-6-14-10/h9-10H,3-8H2,1-2H3,(H2,12,15). The lowest BCUT2D eigenvalue weighted by Crippen LogP contribution is -2.39. The van der Waals surface area contributed by atoms with Crippen LogP contribution < -0.4 is 5.73 Å². The lowest BCUT2D eigenvalue weighted by Gasteiger charge is -2.28. The van der Waals surface area contributed by atoms with Crippen LogP contribution in [0.15, 0.2) is 0 Å². The van der Waals surface area contributed by atoms with Gasteiger partial charge in [-0.15, -0.1) is 0 Å². The smallest absolute Gasteiger partial charge is 0.0743 e. The first-order valence-electron chi connectivity index (χ1n) is 5.73. The van der Waals surface area contributed by atoms with E-state index < -0.39 is 0 Å². The highest BCUT2D eigenvalue weighted by Crippen LogP contribution is 2.15. The van der Waals surface area contributed by atoms with Gasteiger partial charge in [0, 0.05) is 25.6 Å². The Bertz CT molecular complexity index is 205. The molecule has 2 N–H and O–H groups in total. The first-order chi connectivity index (χ1) is 7.13. The van der Waals surface area contributed by atoms with Gasteiger partial charge in [-0.25, -0.2) is 0 Å². The van der Waals surface area contributed by atoms with E-state index in [-0.39, 0.29) is 0 Å². The average Bonchev–Trinajstić information content (AvgIpc) is 2.66. The zero-order valence-corrected chi connectivity index (χ0v) is 10.6. The van der Waals surface area contributed by atoms with E-state index in [1.165, 1.54) is 12.8 Å². The Morgan fingerprint density at radius 3 is 2.87 bits per heavy atom. The molecule has 88 valence electrons. The monoisotopic (exact) mass is 230 g/mol. The molecule has 1 rings (SSSR count). The van der Waals surface area contributed by atoms with Gasteiger partial charge in [-0.2, -0.15) is 0 Å². The molecule has 1 saturated heterocycles. The SMILES string of the molecule is CCC(CC(N)=S)N(C)CC1CCCO1. The van der Waals surface area contributed by atoms with Gasteiger partial charge in [0.1, 0.15) is 0 Å². The molecule has 2 unspecified atom stereocenters. The molecule has 4 heteroatoms. The number of hydrogen-bond acceptors (Lipinski definition) is 3. The number of hydrogen-bond donors (Lipinski definition) is 1. The summed E-state index contributed by atoms with van der Waals surface area (Å²) in [5, 5.41) is 0. The van der Waals surface area contributed by atoms with Crippen molar-refractivity contribution in [1.82, 2.24) is 4.90 Å². The van der Waals surface area contributed by atoms with Crippen LogP contribution in [0.2, 0.25) is 0 Å². The molecule has 0 aromatic heterocycles. The van der Waals surface area contributed by atoms with Crippen molar-refractivity contribution in [2.75, 3.05) is 20.2 Å². The van der Waals surface area contributed by atoms with Crippen molar-refractivity contribution in [3.8, 4) is 0 Å². The Kier molecular flexibility index (Phi) is 5.50. The summed E-state index contributed by atoms with van der Waals surface area (Å²) < 4.78 is 5.62. The van der Waals surface area contributed by atoms with Gasteiger partial charge >= 0.3 is 0 Å². The maximum atomic E-state index is 5.62. The summed E-state index contributed by atoms with van der Waals surface area (Å²) in [5.74, 6) is 0. The molecule has 0 radical (unpaired) electrons. The predicted octanol–water partition coefficient (Wildman–Crippen LogP) is 1.55.